The molecule has 0 aliphatic rings. The molecule has 3 heteroatoms. The van der Waals surface area contributed by atoms with Crippen LogP contribution in [0.4, 0.5) is 0 Å². The fourth-order valence-electron chi connectivity index (χ4n) is 2.48. The maximum absolute atomic E-state index is 10.7. The van der Waals surface area contributed by atoms with Crippen LogP contribution < -0.4 is 0 Å². The lowest BCUT2D eigenvalue weighted by Gasteiger charge is -2.16. The van der Waals surface area contributed by atoms with Gasteiger partial charge in [-0.05, 0) is 65.1 Å². The largest absolute Gasteiger partial charge is 0.374 e. The van der Waals surface area contributed by atoms with Crippen molar-refractivity contribution >= 4 is 23.3 Å². The Morgan fingerprint density at radius 1 is 1.14 bits per heavy atom. The van der Waals surface area contributed by atoms with Crippen molar-refractivity contribution in [2.75, 3.05) is 0 Å². The van der Waals surface area contributed by atoms with E-state index in [0.29, 0.717) is 16.2 Å². The number of hydrogen-bond donors (Lipinski definition) is 1. The Kier molecular flexibility index (Phi) is 6.95. The maximum Gasteiger partial charge on any atom is 0.148 e. The quantitative estimate of drug-likeness (QED) is 0.497. The Hall–Kier alpha value is -3.12. The zero-order valence-corrected chi connectivity index (χ0v) is 16.6. The highest BCUT2D eigenvalue weighted by atomic mass is 35.5. The van der Waals surface area contributed by atoms with E-state index in [1.54, 1.807) is 49.7 Å². The van der Waals surface area contributed by atoms with Crippen molar-refractivity contribution in [3.63, 3.8) is 0 Å². The summed E-state index contributed by atoms with van der Waals surface area (Å²) >= 11 is 5.78. The third kappa shape index (κ3) is 5.44. The average Bonchev–Trinajstić information content (AvgIpc) is 2.70. The molecule has 0 aliphatic carbocycles. The minimum atomic E-state index is -1.29. The lowest BCUT2D eigenvalue weighted by atomic mass is 9.93. The minimum absolute atomic E-state index is 0.413. The first-order valence-corrected chi connectivity index (χ1v) is 8.96. The van der Waals surface area contributed by atoms with E-state index >= 15 is 0 Å². The number of benzene rings is 1. The van der Waals surface area contributed by atoms with Crippen molar-refractivity contribution in [2.24, 2.45) is 0 Å². The van der Waals surface area contributed by atoms with Gasteiger partial charge in [0, 0.05) is 23.0 Å². The summed E-state index contributed by atoms with van der Waals surface area (Å²) in [5, 5.41) is 11.1. The molecule has 1 heterocycles. The highest BCUT2D eigenvalue weighted by Crippen LogP contribution is 2.27. The van der Waals surface area contributed by atoms with Crippen LogP contribution in [0.15, 0.2) is 91.8 Å². The van der Waals surface area contributed by atoms with Gasteiger partial charge in [-0.2, -0.15) is 0 Å². The number of nitrogens with zero attached hydrogens (tertiary/aromatic N) is 1. The summed E-state index contributed by atoms with van der Waals surface area (Å²) in [5.41, 5.74) is 3.35. The molecule has 2 nitrogen and oxygen atoms in total. The SMILES string of the molecule is C=Cc1ccc(C#CC(C)(O)c2ccncc2)cc1C(=C)C(=C)C=CC(=C)Cl. The maximum atomic E-state index is 10.7. The number of hydrogen-bond acceptors (Lipinski definition) is 2. The van der Waals surface area contributed by atoms with Gasteiger partial charge in [0.05, 0.1) is 0 Å². The number of rotatable bonds is 6. The second-order valence-electron chi connectivity index (χ2n) is 6.35. The lowest BCUT2D eigenvalue weighted by molar-refractivity contribution is 0.122. The summed E-state index contributed by atoms with van der Waals surface area (Å²) in [7, 11) is 0. The molecule has 1 aromatic carbocycles. The molecule has 2 aromatic rings. The first-order valence-electron chi connectivity index (χ1n) is 8.58. The van der Waals surface area contributed by atoms with Crippen molar-refractivity contribution in [2.45, 2.75) is 12.5 Å². The summed E-state index contributed by atoms with van der Waals surface area (Å²) in [6.07, 6.45) is 8.43. The molecule has 0 amide bonds. The van der Waals surface area contributed by atoms with Crippen LogP contribution in [0.3, 0.4) is 0 Å². The van der Waals surface area contributed by atoms with Crippen molar-refractivity contribution in [1.82, 2.24) is 4.98 Å². The highest BCUT2D eigenvalue weighted by Gasteiger charge is 2.19. The summed E-state index contributed by atoms with van der Waals surface area (Å²) in [4.78, 5) is 3.96. The van der Waals surface area contributed by atoms with Crippen LogP contribution in [0.1, 0.15) is 29.2 Å². The van der Waals surface area contributed by atoms with Crippen LogP contribution >= 0.6 is 11.6 Å². The van der Waals surface area contributed by atoms with Gasteiger partial charge in [-0.3, -0.25) is 4.98 Å². The molecule has 140 valence electrons. The van der Waals surface area contributed by atoms with E-state index in [0.717, 1.165) is 22.3 Å². The van der Waals surface area contributed by atoms with E-state index < -0.39 is 5.60 Å². The van der Waals surface area contributed by atoms with Gasteiger partial charge in [-0.1, -0.05) is 68.0 Å². The number of aromatic nitrogens is 1. The second-order valence-corrected chi connectivity index (χ2v) is 6.83. The average molecular weight is 388 g/mol. The summed E-state index contributed by atoms with van der Waals surface area (Å²) < 4.78 is 0. The van der Waals surface area contributed by atoms with E-state index in [9.17, 15) is 5.11 Å². The minimum Gasteiger partial charge on any atom is -0.374 e. The Morgan fingerprint density at radius 3 is 2.43 bits per heavy atom. The van der Waals surface area contributed by atoms with Gasteiger partial charge in [-0.25, -0.2) is 0 Å². The molecule has 0 saturated carbocycles. The fourth-order valence-corrected chi connectivity index (χ4v) is 2.54. The van der Waals surface area contributed by atoms with E-state index in [4.69, 9.17) is 11.6 Å². The normalized spacial score (nSPS) is 12.5. The van der Waals surface area contributed by atoms with E-state index in [1.165, 1.54) is 0 Å². The molecule has 1 atom stereocenters. The number of aliphatic hydroxyl groups is 1. The van der Waals surface area contributed by atoms with Gasteiger partial charge in [0.15, 0.2) is 0 Å². The summed E-state index contributed by atoms with van der Waals surface area (Å²) in [5.74, 6) is 5.96. The van der Waals surface area contributed by atoms with Crippen molar-refractivity contribution in [1.29, 1.82) is 0 Å². The molecular weight excluding hydrogens is 366 g/mol. The Morgan fingerprint density at radius 2 is 1.82 bits per heavy atom. The number of halogens is 1. The van der Waals surface area contributed by atoms with E-state index in [2.05, 4.69) is 43.1 Å². The smallest absolute Gasteiger partial charge is 0.148 e. The summed E-state index contributed by atoms with van der Waals surface area (Å²) in [6, 6.07) is 9.18. The molecule has 0 spiro atoms. The van der Waals surface area contributed by atoms with Gasteiger partial charge in [0.25, 0.3) is 0 Å². The second kappa shape index (κ2) is 9.19. The van der Waals surface area contributed by atoms with Gasteiger partial charge in [-0.15, -0.1) is 0 Å². The lowest BCUT2D eigenvalue weighted by Crippen LogP contribution is -2.18. The van der Waals surface area contributed by atoms with Crippen LogP contribution in [0.25, 0.3) is 11.6 Å². The predicted octanol–water partition coefficient (Wildman–Crippen LogP) is 5.86. The molecule has 0 radical (unpaired) electrons. The molecule has 0 aliphatic heterocycles. The van der Waals surface area contributed by atoms with Gasteiger partial charge in [0.1, 0.15) is 5.60 Å². The van der Waals surface area contributed by atoms with Crippen LogP contribution in [-0.4, -0.2) is 10.1 Å². The van der Waals surface area contributed by atoms with Crippen molar-refractivity contribution in [3.05, 3.63) is 114 Å². The molecular formula is C25H22ClNO. The number of allylic oxidation sites excluding steroid dienone is 5. The fraction of sp³-hybridized carbons (Fsp3) is 0.0800. The van der Waals surface area contributed by atoms with Crippen LogP contribution in [0, 0.1) is 11.8 Å². The zero-order valence-electron chi connectivity index (χ0n) is 15.9. The van der Waals surface area contributed by atoms with Crippen molar-refractivity contribution < 1.29 is 5.11 Å². The van der Waals surface area contributed by atoms with Gasteiger partial charge < -0.3 is 5.11 Å². The number of pyridine rings is 1. The topological polar surface area (TPSA) is 33.1 Å². The first-order chi connectivity index (χ1) is 13.2. The third-order valence-corrected chi connectivity index (χ3v) is 4.27. The Bertz CT molecular complexity index is 1020. The van der Waals surface area contributed by atoms with E-state index in [1.807, 2.05) is 18.2 Å². The third-order valence-electron chi connectivity index (χ3n) is 4.14. The molecule has 0 saturated heterocycles. The monoisotopic (exact) mass is 387 g/mol. The van der Waals surface area contributed by atoms with E-state index in [-0.39, 0.29) is 0 Å². The zero-order chi connectivity index (χ0) is 20.7. The van der Waals surface area contributed by atoms with Gasteiger partial charge >= 0.3 is 0 Å². The molecule has 0 fully saturated rings. The van der Waals surface area contributed by atoms with Crippen LogP contribution in [0.5, 0.6) is 0 Å². The highest BCUT2D eigenvalue weighted by molar-refractivity contribution is 6.30. The standard InChI is InChI=1S/C25H22ClNO/c1-6-22-10-9-21(11-14-25(5,28)23-12-15-27-16-13-23)17-24(22)20(4)18(2)7-8-19(3)26/h6-10,12-13,15-17,28H,1-4H2,5H3. The predicted molar refractivity (Wildman–Crippen MR) is 120 cm³/mol. The van der Waals surface area contributed by atoms with Crippen molar-refractivity contribution in [3.8, 4) is 11.8 Å². The molecule has 1 aromatic heterocycles. The molecule has 28 heavy (non-hydrogen) atoms. The Balaban J connectivity index is 2.38. The molecule has 2 rings (SSSR count). The first kappa shape index (κ1) is 21.2. The van der Waals surface area contributed by atoms with Crippen LogP contribution in [0.2, 0.25) is 0 Å². The molecule has 1 N–H and O–H groups in total. The van der Waals surface area contributed by atoms with Gasteiger partial charge in [0.2, 0.25) is 0 Å². The van der Waals surface area contributed by atoms with Crippen LogP contribution in [-0.2, 0) is 5.60 Å². The molecule has 0 bridgehead atoms. The molecule has 1 unspecified atom stereocenters. The Labute approximate surface area is 171 Å². The summed E-state index contributed by atoms with van der Waals surface area (Å²) in [6.45, 7) is 17.3.